The van der Waals surface area contributed by atoms with Crippen LogP contribution in [0.2, 0.25) is 0 Å². The summed E-state index contributed by atoms with van der Waals surface area (Å²) in [6, 6.07) is 1.94. The van der Waals surface area contributed by atoms with Crippen molar-refractivity contribution in [1.29, 1.82) is 0 Å². The topological polar surface area (TPSA) is 65.6 Å². The lowest BCUT2D eigenvalue weighted by Gasteiger charge is -2.15. The van der Waals surface area contributed by atoms with E-state index in [1.807, 2.05) is 6.07 Å². The van der Waals surface area contributed by atoms with E-state index >= 15 is 0 Å². The number of aromatic nitrogens is 3. The molecule has 1 aliphatic carbocycles. The van der Waals surface area contributed by atoms with Gasteiger partial charge in [0.15, 0.2) is 4.77 Å². The Balaban J connectivity index is 1.68. The van der Waals surface area contributed by atoms with Gasteiger partial charge in [-0.15, -0.1) is 0 Å². The fourth-order valence-electron chi connectivity index (χ4n) is 3.98. The van der Waals surface area contributed by atoms with Crippen molar-refractivity contribution in [2.75, 3.05) is 13.1 Å². The number of hydrogen-bond donors (Lipinski definition) is 3. The number of nitrogens with one attached hydrogen (secondary N) is 3. The summed E-state index contributed by atoms with van der Waals surface area (Å²) < 4.78 is 2.62. The Morgan fingerprint density at radius 2 is 2.05 bits per heavy atom. The van der Waals surface area contributed by atoms with Crippen molar-refractivity contribution in [2.45, 2.75) is 19.4 Å². The molecule has 2 atom stereocenters. The van der Waals surface area contributed by atoms with E-state index in [-0.39, 0.29) is 5.56 Å². The maximum Gasteiger partial charge on any atom is 0.276 e. The van der Waals surface area contributed by atoms with Gasteiger partial charge in [0.05, 0.1) is 5.52 Å². The highest BCUT2D eigenvalue weighted by molar-refractivity contribution is 7.71. The van der Waals surface area contributed by atoms with Crippen LogP contribution in [0.4, 0.5) is 0 Å². The Kier molecular flexibility index (Phi) is 2.82. The third-order valence-electron chi connectivity index (χ3n) is 4.90. The molecule has 2 aliphatic rings. The molecule has 1 saturated heterocycles. The molecule has 0 spiro atoms. The van der Waals surface area contributed by atoms with Gasteiger partial charge in [0.25, 0.3) is 5.56 Å². The summed E-state index contributed by atoms with van der Waals surface area (Å²) in [6.45, 7) is 3.24. The van der Waals surface area contributed by atoms with Gasteiger partial charge in [0.2, 0.25) is 0 Å². The van der Waals surface area contributed by atoms with Crippen LogP contribution in [0.1, 0.15) is 12.8 Å². The molecule has 1 aliphatic heterocycles. The van der Waals surface area contributed by atoms with Gasteiger partial charge in [-0.1, -0.05) is 0 Å². The molecule has 20 heavy (non-hydrogen) atoms. The van der Waals surface area contributed by atoms with E-state index in [2.05, 4.69) is 19.9 Å². The average molecular weight is 290 g/mol. The zero-order chi connectivity index (χ0) is 13.7. The van der Waals surface area contributed by atoms with Gasteiger partial charge in [0.1, 0.15) is 5.52 Å². The maximum atomic E-state index is 11.8. The molecule has 0 aromatic carbocycles. The van der Waals surface area contributed by atoms with Crippen LogP contribution in [0.5, 0.6) is 0 Å². The second kappa shape index (κ2) is 4.56. The molecule has 3 N–H and O–H groups in total. The molecule has 2 aromatic heterocycles. The van der Waals surface area contributed by atoms with Gasteiger partial charge in [-0.05, 0) is 62.0 Å². The SMILES string of the molecule is O=c1[nH]c(=S)n(CC2CC3CNCC3C2)c2cc[nH]c12. The van der Waals surface area contributed by atoms with E-state index in [9.17, 15) is 4.79 Å². The third-order valence-corrected chi connectivity index (χ3v) is 5.22. The predicted molar refractivity (Wildman–Crippen MR) is 80.3 cm³/mol. The quantitative estimate of drug-likeness (QED) is 0.737. The van der Waals surface area contributed by atoms with Crippen molar-refractivity contribution in [1.82, 2.24) is 19.9 Å². The van der Waals surface area contributed by atoms with Crippen molar-refractivity contribution in [2.24, 2.45) is 17.8 Å². The minimum Gasteiger partial charge on any atom is -0.355 e. The highest BCUT2D eigenvalue weighted by atomic mass is 32.1. The molecule has 5 nitrogen and oxygen atoms in total. The molecule has 3 heterocycles. The van der Waals surface area contributed by atoms with Crippen molar-refractivity contribution < 1.29 is 0 Å². The number of aromatic amines is 2. The highest BCUT2D eigenvalue weighted by Gasteiger charge is 2.37. The van der Waals surface area contributed by atoms with Crippen molar-refractivity contribution in [3.05, 3.63) is 27.4 Å². The minimum absolute atomic E-state index is 0.126. The molecular formula is C14H18N4OS. The summed E-state index contributed by atoms with van der Waals surface area (Å²) in [7, 11) is 0. The number of hydrogen-bond acceptors (Lipinski definition) is 3. The smallest absolute Gasteiger partial charge is 0.276 e. The first kappa shape index (κ1) is 12.3. The molecule has 1 saturated carbocycles. The van der Waals surface area contributed by atoms with E-state index in [4.69, 9.17) is 12.2 Å². The molecule has 0 bridgehead atoms. The van der Waals surface area contributed by atoms with Crippen LogP contribution in [0.15, 0.2) is 17.1 Å². The van der Waals surface area contributed by atoms with Crippen LogP contribution in [0, 0.1) is 22.5 Å². The lowest BCUT2D eigenvalue weighted by molar-refractivity contribution is 0.424. The summed E-state index contributed by atoms with van der Waals surface area (Å²) in [5.41, 5.74) is 1.42. The van der Waals surface area contributed by atoms with Gasteiger partial charge >= 0.3 is 0 Å². The van der Waals surface area contributed by atoms with E-state index in [1.165, 1.54) is 12.8 Å². The molecule has 106 valence electrons. The van der Waals surface area contributed by atoms with Gasteiger partial charge in [-0.3, -0.25) is 9.78 Å². The lowest BCUT2D eigenvalue weighted by Crippen LogP contribution is -2.19. The highest BCUT2D eigenvalue weighted by Crippen LogP contribution is 2.39. The Morgan fingerprint density at radius 1 is 1.30 bits per heavy atom. The van der Waals surface area contributed by atoms with Crippen LogP contribution >= 0.6 is 12.2 Å². The van der Waals surface area contributed by atoms with Crippen LogP contribution in [-0.2, 0) is 6.54 Å². The first-order valence-electron chi connectivity index (χ1n) is 7.23. The molecule has 2 aromatic rings. The van der Waals surface area contributed by atoms with Crippen LogP contribution in [0.3, 0.4) is 0 Å². The normalized spacial score (nSPS) is 29.1. The second-order valence-electron chi connectivity index (χ2n) is 6.12. The van der Waals surface area contributed by atoms with Gasteiger partial charge in [-0.2, -0.15) is 0 Å². The molecule has 2 fully saturated rings. The Bertz CT molecular complexity index is 746. The monoisotopic (exact) mass is 290 g/mol. The summed E-state index contributed by atoms with van der Waals surface area (Å²) in [5, 5.41) is 3.47. The Hall–Kier alpha value is -1.40. The molecule has 6 heteroatoms. The summed E-state index contributed by atoms with van der Waals surface area (Å²) in [4.78, 5) is 17.6. The minimum atomic E-state index is -0.126. The van der Waals surface area contributed by atoms with E-state index in [0.717, 1.165) is 37.0 Å². The number of nitrogens with zero attached hydrogens (tertiary/aromatic N) is 1. The summed E-state index contributed by atoms with van der Waals surface area (Å²) in [5.74, 6) is 2.33. The van der Waals surface area contributed by atoms with Gasteiger partial charge in [-0.25, -0.2) is 0 Å². The number of rotatable bonds is 2. The molecule has 2 unspecified atom stereocenters. The fraction of sp³-hybridized carbons (Fsp3) is 0.571. The number of H-pyrrole nitrogens is 2. The molecule has 0 radical (unpaired) electrons. The first-order chi connectivity index (χ1) is 9.72. The summed E-state index contributed by atoms with van der Waals surface area (Å²) >= 11 is 5.35. The Morgan fingerprint density at radius 3 is 2.80 bits per heavy atom. The zero-order valence-corrected chi connectivity index (χ0v) is 12.0. The zero-order valence-electron chi connectivity index (χ0n) is 11.2. The van der Waals surface area contributed by atoms with Crippen molar-refractivity contribution in [3.63, 3.8) is 0 Å². The van der Waals surface area contributed by atoms with E-state index < -0.39 is 0 Å². The predicted octanol–water partition coefficient (Wildman–Crippen LogP) is 1.63. The van der Waals surface area contributed by atoms with Gasteiger partial charge < -0.3 is 14.9 Å². The number of fused-ring (bicyclic) bond motifs is 2. The van der Waals surface area contributed by atoms with Crippen LogP contribution in [0.25, 0.3) is 11.0 Å². The third kappa shape index (κ3) is 1.86. The maximum absolute atomic E-state index is 11.8. The van der Waals surface area contributed by atoms with E-state index in [1.54, 1.807) is 6.20 Å². The Labute approximate surface area is 121 Å². The molecule has 4 rings (SSSR count). The second-order valence-corrected chi connectivity index (χ2v) is 6.51. The summed E-state index contributed by atoms with van der Waals surface area (Å²) in [6.07, 6.45) is 4.34. The fourth-order valence-corrected chi connectivity index (χ4v) is 4.25. The van der Waals surface area contributed by atoms with Gasteiger partial charge in [0, 0.05) is 12.7 Å². The standard InChI is InChI=1S/C14H18N4OS/c19-13-12-11(1-2-16-12)18(14(20)17-13)7-8-3-9-5-15-6-10(9)4-8/h1-2,8-10,15-16H,3-7H2,(H,17,19,20). The van der Waals surface area contributed by atoms with Crippen molar-refractivity contribution >= 4 is 23.3 Å². The molecule has 0 amide bonds. The largest absolute Gasteiger partial charge is 0.355 e. The average Bonchev–Trinajstić information content (AvgIpc) is 3.09. The van der Waals surface area contributed by atoms with Crippen molar-refractivity contribution in [3.8, 4) is 0 Å². The first-order valence-corrected chi connectivity index (χ1v) is 7.64. The van der Waals surface area contributed by atoms with Crippen LogP contribution in [-0.4, -0.2) is 27.6 Å². The lowest BCUT2D eigenvalue weighted by atomic mass is 10.0. The van der Waals surface area contributed by atoms with Crippen LogP contribution < -0.4 is 10.9 Å². The molecular weight excluding hydrogens is 272 g/mol. The van der Waals surface area contributed by atoms with E-state index in [0.29, 0.717) is 16.2 Å².